The molecule has 2 aromatic carbocycles. The summed E-state index contributed by atoms with van der Waals surface area (Å²) >= 11 is 0. The van der Waals surface area contributed by atoms with E-state index in [2.05, 4.69) is 9.88 Å². The fourth-order valence-electron chi connectivity index (χ4n) is 2.91. The maximum atomic E-state index is 13.2. The number of carbonyl (C=O) groups excluding carboxylic acids is 1. The summed E-state index contributed by atoms with van der Waals surface area (Å²) < 4.78 is 0. The summed E-state index contributed by atoms with van der Waals surface area (Å²) in [6.07, 6.45) is 3.44. The van der Waals surface area contributed by atoms with Crippen molar-refractivity contribution in [1.82, 2.24) is 9.88 Å². The number of fused-ring (bicyclic) bond motifs is 1. The van der Waals surface area contributed by atoms with Crippen LogP contribution in [0, 0.1) is 0 Å². The van der Waals surface area contributed by atoms with E-state index in [1.54, 1.807) is 17.3 Å². The summed E-state index contributed by atoms with van der Waals surface area (Å²) in [7, 11) is 3.84. The molecule has 0 unspecified atom stereocenters. The Morgan fingerprint density at radius 3 is 2.00 bits per heavy atom. The Kier molecular flexibility index (Phi) is 9.33. The number of pyridine rings is 1. The number of para-hydroxylation sites is 1. The smallest absolute Gasteiger partial charge is 0.257 e. The Hall–Kier alpha value is -2.88. The lowest BCUT2D eigenvalue weighted by Crippen LogP contribution is -2.56. The SMILES string of the molecule is CC.CC.CN(C(=O)c1cncc2ccccc12)C(C)(C)N(C)c1ccccc1. The number of hydrogen-bond acceptors (Lipinski definition) is 3. The molecule has 0 aliphatic rings. The third-order valence-electron chi connectivity index (χ3n) is 4.99. The van der Waals surface area contributed by atoms with E-state index >= 15 is 0 Å². The molecule has 156 valence electrons. The fraction of sp³-hybridized carbons (Fsp3) is 0.360. The van der Waals surface area contributed by atoms with E-state index < -0.39 is 5.66 Å². The van der Waals surface area contributed by atoms with Gasteiger partial charge in [0.2, 0.25) is 0 Å². The topological polar surface area (TPSA) is 36.4 Å². The van der Waals surface area contributed by atoms with Gasteiger partial charge in [0.15, 0.2) is 0 Å². The molecule has 29 heavy (non-hydrogen) atoms. The van der Waals surface area contributed by atoms with Crippen molar-refractivity contribution in [1.29, 1.82) is 0 Å². The number of rotatable bonds is 4. The number of benzene rings is 2. The molecule has 0 aliphatic heterocycles. The zero-order chi connectivity index (χ0) is 22.0. The Labute approximate surface area is 176 Å². The molecular weight excluding hydrogens is 358 g/mol. The first-order chi connectivity index (χ1) is 13.9. The Morgan fingerprint density at radius 1 is 0.828 bits per heavy atom. The van der Waals surface area contributed by atoms with Crippen molar-refractivity contribution in [3.05, 3.63) is 72.6 Å². The van der Waals surface area contributed by atoms with Gasteiger partial charge in [-0.2, -0.15) is 0 Å². The van der Waals surface area contributed by atoms with Gasteiger partial charge in [0.05, 0.1) is 5.56 Å². The van der Waals surface area contributed by atoms with Gasteiger partial charge in [-0.05, 0) is 31.4 Å². The molecule has 3 aromatic rings. The molecule has 0 radical (unpaired) electrons. The van der Waals surface area contributed by atoms with Gasteiger partial charge in [0.1, 0.15) is 5.66 Å². The largest absolute Gasteiger partial charge is 0.352 e. The molecule has 0 N–H and O–H groups in total. The van der Waals surface area contributed by atoms with Crippen LogP contribution in [0.25, 0.3) is 10.8 Å². The highest BCUT2D eigenvalue weighted by Crippen LogP contribution is 2.27. The Balaban J connectivity index is 0.000000989. The molecule has 1 amide bonds. The highest BCUT2D eigenvalue weighted by molar-refractivity contribution is 6.06. The molecule has 0 bridgehead atoms. The van der Waals surface area contributed by atoms with Crippen LogP contribution in [0.1, 0.15) is 51.9 Å². The first-order valence-corrected chi connectivity index (χ1v) is 10.3. The second-order valence-electron chi connectivity index (χ2n) is 6.66. The van der Waals surface area contributed by atoms with Crippen molar-refractivity contribution >= 4 is 22.4 Å². The average molecular weight is 394 g/mol. The predicted molar refractivity (Wildman–Crippen MR) is 125 cm³/mol. The lowest BCUT2D eigenvalue weighted by atomic mass is 10.0. The van der Waals surface area contributed by atoms with Crippen LogP contribution in [0.5, 0.6) is 0 Å². The molecule has 1 aromatic heterocycles. The molecule has 4 heteroatoms. The van der Waals surface area contributed by atoms with Crippen molar-refractivity contribution in [2.45, 2.75) is 47.2 Å². The molecule has 0 atom stereocenters. The molecule has 0 aliphatic carbocycles. The molecule has 0 fully saturated rings. The highest BCUT2D eigenvalue weighted by Gasteiger charge is 2.33. The zero-order valence-electron chi connectivity index (χ0n) is 19.1. The van der Waals surface area contributed by atoms with Gasteiger partial charge in [-0.15, -0.1) is 0 Å². The minimum atomic E-state index is -0.505. The number of carbonyl (C=O) groups is 1. The first-order valence-electron chi connectivity index (χ1n) is 10.3. The second kappa shape index (κ2) is 11.2. The van der Waals surface area contributed by atoms with Crippen LogP contribution in [0.2, 0.25) is 0 Å². The van der Waals surface area contributed by atoms with Gasteiger partial charge in [-0.25, -0.2) is 0 Å². The lowest BCUT2D eigenvalue weighted by molar-refractivity contribution is 0.0629. The van der Waals surface area contributed by atoms with E-state index in [4.69, 9.17) is 0 Å². The van der Waals surface area contributed by atoms with Crippen LogP contribution in [-0.4, -0.2) is 35.5 Å². The second-order valence-corrected chi connectivity index (χ2v) is 6.66. The minimum Gasteiger partial charge on any atom is -0.352 e. The number of hydrogen-bond donors (Lipinski definition) is 0. The maximum Gasteiger partial charge on any atom is 0.257 e. The van der Waals surface area contributed by atoms with Crippen molar-refractivity contribution < 1.29 is 4.79 Å². The van der Waals surface area contributed by atoms with Gasteiger partial charge in [-0.3, -0.25) is 9.78 Å². The monoisotopic (exact) mass is 393 g/mol. The van der Waals surface area contributed by atoms with E-state index in [1.165, 1.54) is 0 Å². The van der Waals surface area contributed by atoms with E-state index in [-0.39, 0.29) is 5.91 Å². The molecule has 3 rings (SSSR count). The Morgan fingerprint density at radius 2 is 1.38 bits per heavy atom. The fourth-order valence-corrected chi connectivity index (χ4v) is 2.91. The molecule has 4 nitrogen and oxygen atoms in total. The lowest BCUT2D eigenvalue weighted by Gasteiger charge is -2.44. The van der Waals surface area contributed by atoms with E-state index in [0.717, 1.165) is 16.5 Å². The minimum absolute atomic E-state index is 0.0444. The van der Waals surface area contributed by atoms with Crippen LogP contribution < -0.4 is 4.90 Å². The summed E-state index contributed by atoms with van der Waals surface area (Å²) in [4.78, 5) is 21.3. The number of anilines is 1. The molecule has 0 spiro atoms. The Bertz CT molecular complexity index is 885. The summed E-state index contributed by atoms with van der Waals surface area (Å²) in [6.45, 7) is 12.1. The molecule has 0 saturated heterocycles. The van der Waals surface area contributed by atoms with Gasteiger partial charge in [-0.1, -0.05) is 70.2 Å². The van der Waals surface area contributed by atoms with Crippen molar-refractivity contribution in [2.24, 2.45) is 0 Å². The van der Waals surface area contributed by atoms with Gasteiger partial charge < -0.3 is 9.80 Å². The molecular formula is C25H35N3O. The van der Waals surface area contributed by atoms with Crippen LogP contribution in [0.4, 0.5) is 5.69 Å². The quantitative estimate of drug-likeness (QED) is 0.493. The van der Waals surface area contributed by atoms with Crippen molar-refractivity contribution in [2.75, 3.05) is 19.0 Å². The van der Waals surface area contributed by atoms with Crippen LogP contribution in [0.15, 0.2) is 67.0 Å². The summed E-state index contributed by atoms with van der Waals surface area (Å²) in [5.41, 5.74) is 1.17. The highest BCUT2D eigenvalue weighted by atomic mass is 16.2. The average Bonchev–Trinajstić information content (AvgIpc) is 2.80. The zero-order valence-corrected chi connectivity index (χ0v) is 19.1. The van der Waals surface area contributed by atoms with Gasteiger partial charge >= 0.3 is 0 Å². The van der Waals surface area contributed by atoms with Crippen LogP contribution in [0.3, 0.4) is 0 Å². The third kappa shape index (κ3) is 5.35. The predicted octanol–water partition coefficient (Wildman–Crippen LogP) is 6.23. The number of nitrogens with zero attached hydrogens (tertiary/aromatic N) is 3. The van der Waals surface area contributed by atoms with Gasteiger partial charge in [0, 0.05) is 37.6 Å². The van der Waals surface area contributed by atoms with Crippen LogP contribution >= 0.6 is 0 Å². The normalized spacial score (nSPS) is 10.2. The number of amides is 1. The first kappa shape index (κ1) is 24.2. The summed E-state index contributed by atoms with van der Waals surface area (Å²) in [6, 6.07) is 17.9. The standard InChI is InChI=1S/C21H23N3O.2C2H6/c1-21(2,23(3)17-11-6-5-7-12-17)24(4)20(25)19-15-22-14-16-10-8-9-13-18(16)19;2*1-2/h5-15H,1-4H3;2*1-2H3. The van der Waals surface area contributed by atoms with E-state index in [0.29, 0.717) is 5.56 Å². The third-order valence-corrected chi connectivity index (χ3v) is 4.99. The summed E-state index contributed by atoms with van der Waals surface area (Å²) in [5.74, 6) is -0.0444. The van der Waals surface area contributed by atoms with Crippen molar-refractivity contribution in [3.8, 4) is 0 Å². The van der Waals surface area contributed by atoms with Gasteiger partial charge in [0.25, 0.3) is 5.91 Å². The van der Waals surface area contributed by atoms with E-state index in [1.807, 2.05) is 110 Å². The van der Waals surface area contributed by atoms with Crippen LogP contribution in [-0.2, 0) is 0 Å². The molecule has 0 saturated carbocycles. The number of aromatic nitrogens is 1. The summed E-state index contributed by atoms with van der Waals surface area (Å²) in [5, 5.41) is 1.89. The van der Waals surface area contributed by atoms with Crippen molar-refractivity contribution in [3.63, 3.8) is 0 Å². The van der Waals surface area contributed by atoms with E-state index in [9.17, 15) is 4.79 Å². The molecule has 1 heterocycles. The maximum absolute atomic E-state index is 13.2.